The Balaban J connectivity index is 2.33. The van der Waals surface area contributed by atoms with Crippen LogP contribution >= 0.6 is 0 Å². The van der Waals surface area contributed by atoms with Gasteiger partial charge in [-0.3, -0.25) is 4.79 Å². The van der Waals surface area contributed by atoms with Crippen molar-refractivity contribution in [1.29, 1.82) is 0 Å². The molecule has 1 fully saturated rings. The third-order valence-electron chi connectivity index (χ3n) is 3.12. The predicted molar refractivity (Wildman–Crippen MR) is 61.5 cm³/mol. The third-order valence-corrected chi connectivity index (χ3v) is 3.12. The molecule has 0 bridgehead atoms. The number of primary amides is 1. The van der Waals surface area contributed by atoms with Gasteiger partial charge in [-0.15, -0.1) is 0 Å². The molecule has 88 valence electrons. The molecule has 1 saturated heterocycles. The Morgan fingerprint density at radius 1 is 1.60 bits per heavy atom. The summed E-state index contributed by atoms with van der Waals surface area (Å²) in [6.45, 7) is 6.68. The highest BCUT2D eigenvalue weighted by Gasteiger charge is 2.26. The number of nitrogens with zero attached hydrogens (tertiary/aromatic N) is 1. The minimum absolute atomic E-state index is 0.237. The first-order valence-electron chi connectivity index (χ1n) is 5.63. The van der Waals surface area contributed by atoms with E-state index in [-0.39, 0.29) is 5.91 Å². The van der Waals surface area contributed by atoms with Crippen molar-refractivity contribution in [1.82, 2.24) is 10.2 Å². The van der Waals surface area contributed by atoms with Gasteiger partial charge >= 0.3 is 0 Å². The van der Waals surface area contributed by atoms with Crippen molar-refractivity contribution in [2.75, 3.05) is 26.7 Å². The lowest BCUT2D eigenvalue weighted by Crippen LogP contribution is -2.49. The first-order valence-corrected chi connectivity index (χ1v) is 5.63. The number of likely N-dealkylation sites (tertiary alicyclic amines) is 1. The summed E-state index contributed by atoms with van der Waals surface area (Å²) in [7, 11) is 2.13. The molecular formula is C11H23N3O. The fraction of sp³-hybridized carbons (Fsp3) is 0.909. The van der Waals surface area contributed by atoms with E-state index in [2.05, 4.69) is 17.3 Å². The molecule has 4 heteroatoms. The molecular weight excluding hydrogens is 190 g/mol. The van der Waals surface area contributed by atoms with Gasteiger partial charge in [-0.2, -0.15) is 0 Å². The molecule has 0 aromatic rings. The van der Waals surface area contributed by atoms with Gasteiger partial charge in [0.25, 0.3) is 0 Å². The minimum Gasteiger partial charge on any atom is -0.369 e. The maximum absolute atomic E-state index is 11.1. The summed E-state index contributed by atoms with van der Waals surface area (Å²) in [6, 6.07) is 0.502. The Bertz CT molecular complexity index is 228. The highest BCUT2D eigenvalue weighted by Crippen LogP contribution is 2.14. The molecule has 0 aromatic heterocycles. The summed E-state index contributed by atoms with van der Waals surface area (Å²) in [5.74, 6) is -0.237. The number of hydrogen-bond donors (Lipinski definition) is 2. The van der Waals surface area contributed by atoms with Crippen LogP contribution in [0.1, 0.15) is 26.7 Å². The first-order chi connectivity index (χ1) is 6.92. The van der Waals surface area contributed by atoms with Gasteiger partial charge in [0.05, 0.1) is 5.41 Å². The molecule has 1 amide bonds. The van der Waals surface area contributed by atoms with Gasteiger partial charge in [0.1, 0.15) is 0 Å². The smallest absolute Gasteiger partial charge is 0.224 e. The number of carbonyl (C=O) groups excluding carboxylic acids is 1. The second-order valence-electron chi connectivity index (χ2n) is 5.23. The zero-order chi connectivity index (χ0) is 11.5. The van der Waals surface area contributed by atoms with Crippen molar-refractivity contribution in [3.05, 3.63) is 0 Å². The van der Waals surface area contributed by atoms with Crippen molar-refractivity contribution in [3.8, 4) is 0 Å². The molecule has 3 N–H and O–H groups in total. The number of piperidine rings is 1. The monoisotopic (exact) mass is 213 g/mol. The average Bonchev–Trinajstić information content (AvgIpc) is 2.15. The largest absolute Gasteiger partial charge is 0.369 e. The molecule has 0 spiro atoms. The van der Waals surface area contributed by atoms with Gasteiger partial charge in [-0.05, 0) is 40.3 Å². The maximum atomic E-state index is 11.1. The van der Waals surface area contributed by atoms with Crippen LogP contribution in [-0.4, -0.2) is 43.5 Å². The molecule has 0 aliphatic carbocycles. The van der Waals surface area contributed by atoms with Crippen molar-refractivity contribution in [2.24, 2.45) is 11.1 Å². The topological polar surface area (TPSA) is 58.4 Å². The van der Waals surface area contributed by atoms with Crippen molar-refractivity contribution in [2.45, 2.75) is 32.7 Å². The van der Waals surface area contributed by atoms with Crippen LogP contribution in [0.15, 0.2) is 0 Å². The Hall–Kier alpha value is -0.610. The van der Waals surface area contributed by atoms with E-state index in [1.54, 1.807) is 0 Å². The number of hydrogen-bond acceptors (Lipinski definition) is 3. The Morgan fingerprint density at radius 3 is 2.80 bits per heavy atom. The molecule has 15 heavy (non-hydrogen) atoms. The number of amides is 1. The van der Waals surface area contributed by atoms with E-state index in [0.29, 0.717) is 12.6 Å². The predicted octanol–water partition coefficient (Wildman–Crippen LogP) is 0.182. The van der Waals surface area contributed by atoms with E-state index >= 15 is 0 Å². The van der Waals surface area contributed by atoms with E-state index in [1.807, 2.05) is 13.8 Å². The molecule has 0 radical (unpaired) electrons. The standard InChI is InChI=1S/C11H23N3O/c1-11(2,10(12)15)8-13-9-5-4-6-14(3)7-9/h9,13H,4-8H2,1-3H3,(H2,12,15). The van der Waals surface area contributed by atoms with Crippen LogP contribution < -0.4 is 11.1 Å². The third kappa shape index (κ3) is 3.80. The summed E-state index contributed by atoms with van der Waals surface area (Å²) < 4.78 is 0. The van der Waals surface area contributed by atoms with E-state index in [1.165, 1.54) is 19.4 Å². The number of rotatable bonds is 4. The number of nitrogens with one attached hydrogen (secondary N) is 1. The van der Waals surface area contributed by atoms with Gasteiger partial charge in [0, 0.05) is 19.1 Å². The van der Waals surface area contributed by atoms with E-state index in [9.17, 15) is 4.79 Å². The zero-order valence-corrected chi connectivity index (χ0v) is 10.0. The molecule has 1 aliphatic rings. The summed E-state index contributed by atoms with van der Waals surface area (Å²) in [4.78, 5) is 13.4. The van der Waals surface area contributed by atoms with Gasteiger partial charge in [0.2, 0.25) is 5.91 Å². The van der Waals surface area contributed by atoms with E-state index in [0.717, 1.165) is 6.54 Å². The highest BCUT2D eigenvalue weighted by molar-refractivity contribution is 5.80. The van der Waals surface area contributed by atoms with Crippen LogP contribution in [-0.2, 0) is 4.79 Å². The summed E-state index contributed by atoms with van der Waals surface area (Å²) >= 11 is 0. The van der Waals surface area contributed by atoms with Crippen molar-refractivity contribution < 1.29 is 4.79 Å². The fourth-order valence-corrected chi connectivity index (χ4v) is 1.82. The highest BCUT2D eigenvalue weighted by atomic mass is 16.1. The molecule has 0 aromatic carbocycles. The lowest BCUT2D eigenvalue weighted by atomic mass is 9.92. The lowest BCUT2D eigenvalue weighted by Gasteiger charge is -2.32. The molecule has 4 nitrogen and oxygen atoms in total. The van der Waals surface area contributed by atoms with Gasteiger partial charge in [-0.1, -0.05) is 0 Å². The van der Waals surface area contributed by atoms with Crippen LogP contribution in [0.3, 0.4) is 0 Å². The summed E-state index contributed by atoms with van der Waals surface area (Å²) in [5.41, 5.74) is 4.88. The van der Waals surface area contributed by atoms with Crippen LogP contribution in [0, 0.1) is 5.41 Å². The lowest BCUT2D eigenvalue weighted by molar-refractivity contribution is -0.125. The van der Waals surface area contributed by atoms with Crippen molar-refractivity contribution >= 4 is 5.91 Å². The number of likely N-dealkylation sites (N-methyl/N-ethyl adjacent to an activating group) is 1. The van der Waals surface area contributed by atoms with Crippen molar-refractivity contribution in [3.63, 3.8) is 0 Å². The zero-order valence-electron chi connectivity index (χ0n) is 10.0. The Kier molecular flexibility index (Phi) is 4.11. The Labute approximate surface area is 92.2 Å². The van der Waals surface area contributed by atoms with Crippen LogP contribution in [0.25, 0.3) is 0 Å². The fourth-order valence-electron chi connectivity index (χ4n) is 1.82. The summed E-state index contributed by atoms with van der Waals surface area (Å²) in [5, 5.41) is 3.43. The van der Waals surface area contributed by atoms with Gasteiger partial charge < -0.3 is 16.0 Å². The minimum atomic E-state index is -0.448. The first kappa shape index (κ1) is 12.5. The van der Waals surface area contributed by atoms with Gasteiger partial charge in [0.15, 0.2) is 0 Å². The molecule has 1 unspecified atom stereocenters. The van der Waals surface area contributed by atoms with Crippen LogP contribution in [0.5, 0.6) is 0 Å². The van der Waals surface area contributed by atoms with E-state index < -0.39 is 5.41 Å². The maximum Gasteiger partial charge on any atom is 0.224 e. The average molecular weight is 213 g/mol. The molecule has 1 heterocycles. The SMILES string of the molecule is CN1CCCC(NCC(C)(C)C(N)=O)C1. The second-order valence-corrected chi connectivity index (χ2v) is 5.23. The van der Waals surface area contributed by atoms with Crippen LogP contribution in [0.4, 0.5) is 0 Å². The number of nitrogens with two attached hydrogens (primary N) is 1. The molecule has 1 aliphatic heterocycles. The van der Waals surface area contributed by atoms with E-state index in [4.69, 9.17) is 5.73 Å². The molecule has 0 saturated carbocycles. The second kappa shape index (κ2) is 4.94. The quantitative estimate of drug-likeness (QED) is 0.700. The Morgan fingerprint density at radius 2 is 2.27 bits per heavy atom. The molecule has 1 atom stereocenters. The summed E-state index contributed by atoms with van der Waals surface area (Å²) in [6.07, 6.45) is 2.42. The number of carbonyl (C=O) groups is 1. The molecule has 1 rings (SSSR count). The van der Waals surface area contributed by atoms with Crippen LogP contribution in [0.2, 0.25) is 0 Å². The van der Waals surface area contributed by atoms with Gasteiger partial charge in [-0.25, -0.2) is 0 Å². The normalized spacial score (nSPS) is 24.1.